The molecule has 20 heavy (non-hydrogen) atoms. The minimum Gasteiger partial charge on any atom is -0.458 e. The smallest absolute Gasteiger partial charge is 0.338 e. The van der Waals surface area contributed by atoms with E-state index in [1.54, 1.807) is 12.1 Å². The fourth-order valence-electron chi connectivity index (χ4n) is 2.75. The summed E-state index contributed by atoms with van der Waals surface area (Å²) in [6.45, 7) is 2.15. The monoisotopic (exact) mass is 276 g/mol. The van der Waals surface area contributed by atoms with Crippen molar-refractivity contribution in [1.29, 1.82) is 0 Å². The van der Waals surface area contributed by atoms with Crippen molar-refractivity contribution in [3.63, 3.8) is 0 Å². The van der Waals surface area contributed by atoms with E-state index in [1.807, 2.05) is 25.1 Å². The van der Waals surface area contributed by atoms with Crippen LogP contribution in [-0.2, 0) is 4.74 Å². The van der Waals surface area contributed by atoms with Gasteiger partial charge in [-0.15, -0.1) is 0 Å². The SMILES string of the molecule is CC1CCCCC1OC(=O)c1ccc(N(C)C)c(N)c1. The first-order valence-electron chi connectivity index (χ1n) is 7.27. The normalized spacial score (nSPS) is 22.4. The zero-order chi connectivity index (χ0) is 14.7. The van der Waals surface area contributed by atoms with E-state index in [-0.39, 0.29) is 12.1 Å². The van der Waals surface area contributed by atoms with Crippen molar-refractivity contribution in [3.05, 3.63) is 23.8 Å². The van der Waals surface area contributed by atoms with Crippen molar-refractivity contribution in [2.75, 3.05) is 24.7 Å². The molecule has 0 amide bonds. The average molecular weight is 276 g/mol. The summed E-state index contributed by atoms with van der Waals surface area (Å²) in [5.41, 5.74) is 8.01. The topological polar surface area (TPSA) is 55.6 Å². The van der Waals surface area contributed by atoms with Crippen LogP contribution in [0.3, 0.4) is 0 Å². The molecule has 1 aromatic carbocycles. The zero-order valence-electron chi connectivity index (χ0n) is 12.6. The van der Waals surface area contributed by atoms with E-state index in [4.69, 9.17) is 10.5 Å². The number of hydrogen-bond donors (Lipinski definition) is 1. The van der Waals surface area contributed by atoms with E-state index in [1.165, 1.54) is 6.42 Å². The molecule has 1 aliphatic rings. The predicted octanol–water partition coefficient (Wildman–Crippen LogP) is 3.07. The lowest BCUT2D eigenvalue weighted by Crippen LogP contribution is -2.28. The molecule has 2 N–H and O–H groups in total. The van der Waals surface area contributed by atoms with Crippen molar-refractivity contribution in [2.24, 2.45) is 5.92 Å². The van der Waals surface area contributed by atoms with Gasteiger partial charge in [0.25, 0.3) is 0 Å². The fraction of sp³-hybridized carbons (Fsp3) is 0.562. The molecule has 2 rings (SSSR count). The molecular weight excluding hydrogens is 252 g/mol. The van der Waals surface area contributed by atoms with Crippen molar-refractivity contribution in [1.82, 2.24) is 0 Å². The summed E-state index contributed by atoms with van der Waals surface area (Å²) in [6.07, 6.45) is 4.53. The molecule has 0 spiro atoms. The Balaban J connectivity index is 2.07. The number of nitrogens with two attached hydrogens (primary N) is 1. The van der Waals surface area contributed by atoms with Crippen LogP contribution in [0.1, 0.15) is 43.0 Å². The lowest BCUT2D eigenvalue weighted by molar-refractivity contribution is 0.00482. The van der Waals surface area contributed by atoms with Gasteiger partial charge in [0, 0.05) is 14.1 Å². The third-order valence-electron chi connectivity index (χ3n) is 4.04. The highest BCUT2D eigenvalue weighted by atomic mass is 16.5. The Morgan fingerprint density at radius 2 is 2.00 bits per heavy atom. The Morgan fingerprint density at radius 3 is 2.60 bits per heavy atom. The molecule has 4 nitrogen and oxygen atoms in total. The molecule has 1 fully saturated rings. The van der Waals surface area contributed by atoms with E-state index < -0.39 is 0 Å². The Labute approximate surface area is 120 Å². The Kier molecular flexibility index (Phi) is 4.53. The molecule has 2 atom stereocenters. The standard InChI is InChI=1S/C16H24N2O2/c1-11-6-4-5-7-15(11)20-16(19)12-8-9-14(18(2)3)13(17)10-12/h8-11,15H,4-7,17H2,1-3H3. The highest BCUT2D eigenvalue weighted by Gasteiger charge is 2.25. The van der Waals surface area contributed by atoms with Crippen LogP contribution in [0.5, 0.6) is 0 Å². The number of nitrogens with zero attached hydrogens (tertiary/aromatic N) is 1. The fourth-order valence-corrected chi connectivity index (χ4v) is 2.75. The van der Waals surface area contributed by atoms with E-state index >= 15 is 0 Å². The second-order valence-electron chi connectivity index (χ2n) is 5.87. The highest BCUT2D eigenvalue weighted by molar-refractivity contribution is 5.92. The van der Waals surface area contributed by atoms with Crippen molar-refractivity contribution >= 4 is 17.3 Å². The van der Waals surface area contributed by atoms with Gasteiger partial charge in [-0.3, -0.25) is 0 Å². The molecule has 1 aliphatic carbocycles. The van der Waals surface area contributed by atoms with Gasteiger partial charge in [-0.05, 0) is 43.4 Å². The lowest BCUT2D eigenvalue weighted by Gasteiger charge is -2.28. The molecule has 110 valence electrons. The van der Waals surface area contributed by atoms with Crippen LogP contribution in [0, 0.1) is 5.92 Å². The number of carbonyl (C=O) groups is 1. The van der Waals surface area contributed by atoms with Gasteiger partial charge in [0.1, 0.15) is 6.10 Å². The lowest BCUT2D eigenvalue weighted by atomic mass is 9.88. The van der Waals surface area contributed by atoms with Crippen LogP contribution in [-0.4, -0.2) is 26.2 Å². The average Bonchev–Trinajstić information content (AvgIpc) is 2.40. The van der Waals surface area contributed by atoms with E-state index in [0.717, 1.165) is 24.9 Å². The number of anilines is 2. The predicted molar refractivity (Wildman–Crippen MR) is 82.0 cm³/mol. The number of nitrogen functional groups attached to an aromatic ring is 1. The quantitative estimate of drug-likeness (QED) is 0.681. The molecule has 2 unspecified atom stereocenters. The molecule has 1 saturated carbocycles. The number of benzene rings is 1. The van der Waals surface area contributed by atoms with E-state index in [0.29, 0.717) is 17.2 Å². The second kappa shape index (κ2) is 6.16. The molecule has 0 bridgehead atoms. The van der Waals surface area contributed by atoms with Gasteiger partial charge in [0.15, 0.2) is 0 Å². The summed E-state index contributed by atoms with van der Waals surface area (Å²) in [4.78, 5) is 14.1. The largest absolute Gasteiger partial charge is 0.458 e. The minimum atomic E-state index is -0.263. The van der Waals surface area contributed by atoms with Crippen LogP contribution in [0.25, 0.3) is 0 Å². The number of hydrogen-bond acceptors (Lipinski definition) is 4. The first-order chi connectivity index (χ1) is 9.49. The molecule has 0 aliphatic heterocycles. The molecule has 4 heteroatoms. The van der Waals surface area contributed by atoms with E-state index in [2.05, 4.69) is 6.92 Å². The summed E-state index contributed by atoms with van der Waals surface area (Å²) >= 11 is 0. The molecule has 1 aromatic rings. The Bertz CT molecular complexity index is 485. The molecule has 0 heterocycles. The van der Waals surface area contributed by atoms with Gasteiger partial charge in [0.2, 0.25) is 0 Å². The molecule has 0 saturated heterocycles. The van der Waals surface area contributed by atoms with Crippen molar-refractivity contribution in [2.45, 2.75) is 38.7 Å². The molecule has 0 aromatic heterocycles. The number of ether oxygens (including phenoxy) is 1. The Morgan fingerprint density at radius 1 is 1.30 bits per heavy atom. The summed E-state index contributed by atoms with van der Waals surface area (Å²) in [7, 11) is 3.85. The summed E-state index contributed by atoms with van der Waals surface area (Å²) in [6, 6.07) is 5.34. The van der Waals surface area contributed by atoms with Crippen LogP contribution >= 0.6 is 0 Å². The number of esters is 1. The van der Waals surface area contributed by atoms with Gasteiger partial charge < -0.3 is 15.4 Å². The van der Waals surface area contributed by atoms with Gasteiger partial charge in [-0.1, -0.05) is 13.3 Å². The molecule has 0 radical (unpaired) electrons. The highest BCUT2D eigenvalue weighted by Crippen LogP contribution is 2.28. The first kappa shape index (κ1) is 14.7. The summed E-state index contributed by atoms with van der Waals surface area (Å²) in [5, 5.41) is 0. The maximum absolute atomic E-state index is 12.2. The summed E-state index contributed by atoms with van der Waals surface area (Å²) < 4.78 is 5.64. The third kappa shape index (κ3) is 3.24. The van der Waals surface area contributed by atoms with Gasteiger partial charge in [-0.25, -0.2) is 4.79 Å². The minimum absolute atomic E-state index is 0.0472. The number of rotatable bonds is 3. The zero-order valence-corrected chi connectivity index (χ0v) is 12.6. The maximum Gasteiger partial charge on any atom is 0.338 e. The summed E-state index contributed by atoms with van der Waals surface area (Å²) in [5.74, 6) is 0.187. The van der Waals surface area contributed by atoms with Crippen LogP contribution in [0.2, 0.25) is 0 Å². The van der Waals surface area contributed by atoms with Gasteiger partial charge >= 0.3 is 5.97 Å². The first-order valence-corrected chi connectivity index (χ1v) is 7.27. The van der Waals surface area contributed by atoms with Crippen molar-refractivity contribution < 1.29 is 9.53 Å². The van der Waals surface area contributed by atoms with Crippen LogP contribution < -0.4 is 10.6 Å². The van der Waals surface area contributed by atoms with E-state index in [9.17, 15) is 4.79 Å². The van der Waals surface area contributed by atoms with Crippen LogP contribution in [0.4, 0.5) is 11.4 Å². The van der Waals surface area contributed by atoms with Gasteiger partial charge in [0.05, 0.1) is 16.9 Å². The second-order valence-corrected chi connectivity index (χ2v) is 5.87. The third-order valence-corrected chi connectivity index (χ3v) is 4.04. The van der Waals surface area contributed by atoms with Crippen molar-refractivity contribution in [3.8, 4) is 0 Å². The number of carbonyl (C=O) groups excluding carboxylic acids is 1. The van der Waals surface area contributed by atoms with Crippen LogP contribution in [0.15, 0.2) is 18.2 Å². The Hall–Kier alpha value is -1.71. The maximum atomic E-state index is 12.2. The molecular formula is C16H24N2O2. The van der Waals surface area contributed by atoms with Gasteiger partial charge in [-0.2, -0.15) is 0 Å².